The molecular formula is C25H28BrNO4. The first-order valence-corrected chi connectivity index (χ1v) is 11.6. The molecule has 0 aliphatic carbocycles. The molecule has 31 heavy (non-hydrogen) atoms. The van der Waals surface area contributed by atoms with Crippen molar-refractivity contribution in [1.82, 2.24) is 4.57 Å². The molecule has 1 atom stereocenters. The first-order chi connectivity index (χ1) is 15.2. The Labute approximate surface area is 192 Å². The Balaban J connectivity index is 1.72. The number of hydrogen-bond donors (Lipinski definition) is 0. The summed E-state index contributed by atoms with van der Waals surface area (Å²) in [5.74, 6) is 1.49. The molecule has 0 saturated heterocycles. The van der Waals surface area contributed by atoms with Crippen molar-refractivity contribution in [1.29, 1.82) is 0 Å². The summed E-state index contributed by atoms with van der Waals surface area (Å²) < 4.78 is 18.5. The summed E-state index contributed by atoms with van der Waals surface area (Å²) in [5, 5.41) is 0.909. The van der Waals surface area contributed by atoms with Crippen LogP contribution in [0.3, 0.4) is 0 Å². The molecule has 3 aromatic rings. The van der Waals surface area contributed by atoms with Gasteiger partial charge in [0.25, 0.3) is 5.91 Å². The van der Waals surface area contributed by atoms with Crippen molar-refractivity contribution in [2.24, 2.45) is 0 Å². The van der Waals surface area contributed by atoms with Crippen molar-refractivity contribution in [3.63, 3.8) is 0 Å². The van der Waals surface area contributed by atoms with Crippen molar-refractivity contribution in [2.75, 3.05) is 25.3 Å². The van der Waals surface area contributed by atoms with E-state index in [1.165, 1.54) is 0 Å². The van der Waals surface area contributed by atoms with Gasteiger partial charge < -0.3 is 14.2 Å². The Kier molecular flexibility index (Phi) is 9.34. The van der Waals surface area contributed by atoms with Crippen LogP contribution in [0.2, 0.25) is 0 Å². The lowest BCUT2D eigenvalue weighted by Gasteiger charge is -2.19. The van der Waals surface area contributed by atoms with Crippen LogP contribution in [0.5, 0.6) is 11.5 Å². The van der Waals surface area contributed by atoms with E-state index in [0.29, 0.717) is 24.5 Å². The Bertz CT molecular complexity index is 924. The van der Waals surface area contributed by atoms with Crippen molar-refractivity contribution in [2.45, 2.75) is 25.7 Å². The molecule has 0 aliphatic rings. The van der Waals surface area contributed by atoms with Crippen LogP contribution in [0.1, 0.15) is 41.7 Å². The molecule has 1 heterocycles. The smallest absolute Gasteiger partial charge is 0.262 e. The van der Waals surface area contributed by atoms with Gasteiger partial charge in [-0.15, -0.1) is 0 Å². The summed E-state index contributed by atoms with van der Waals surface area (Å²) in [6.45, 7) is 3.32. The van der Waals surface area contributed by atoms with E-state index in [-0.39, 0.29) is 18.6 Å². The molecule has 0 bridgehead atoms. The molecule has 0 N–H and O–H groups in total. The van der Waals surface area contributed by atoms with Gasteiger partial charge >= 0.3 is 0 Å². The topological polar surface area (TPSA) is 49.7 Å². The van der Waals surface area contributed by atoms with E-state index >= 15 is 0 Å². The third-order valence-corrected chi connectivity index (χ3v) is 5.43. The van der Waals surface area contributed by atoms with Gasteiger partial charge in [-0.05, 0) is 68.3 Å². The van der Waals surface area contributed by atoms with Crippen LogP contribution < -0.4 is 4.74 Å². The molecular weight excluding hydrogens is 458 g/mol. The van der Waals surface area contributed by atoms with E-state index in [2.05, 4.69) is 15.9 Å². The Hall–Kier alpha value is -2.41. The number of carbonyl (C=O) groups excluding carboxylic acids is 1. The van der Waals surface area contributed by atoms with Crippen molar-refractivity contribution >= 4 is 21.8 Å². The summed E-state index contributed by atoms with van der Waals surface area (Å²) in [6.07, 6.45) is 3.72. The molecule has 0 saturated carbocycles. The van der Waals surface area contributed by atoms with Gasteiger partial charge in [0.2, 0.25) is 0 Å². The van der Waals surface area contributed by atoms with Gasteiger partial charge in [0, 0.05) is 35.3 Å². The predicted molar refractivity (Wildman–Crippen MR) is 125 cm³/mol. The van der Waals surface area contributed by atoms with Crippen LogP contribution in [-0.2, 0) is 9.47 Å². The average Bonchev–Trinajstić information content (AvgIpc) is 3.29. The summed E-state index contributed by atoms with van der Waals surface area (Å²) in [4.78, 5) is 13.2. The quantitative estimate of drug-likeness (QED) is 0.173. The lowest BCUT2D eigenvalue weighted by molar-refractivity contribution is -0.0546. The second-order valence-electron chi connectivity index (χ2n) is 7.06. The van der Waals surface area contributed by atoms with Crippen LogP contribution in [0.25, 0.3) is 0 Å². The minimum atomic E-state index is -0.0695. The molecule has 1 unspecified atom stereocenters. The zero-order valence-corrected chi connectivity index (χ0v) is 19.3. The number of carbonyl (C=O) groups is 1. The number of hydrogen-bond acceptors (Lipinski definition) is 4. The molecule has 2 aromatic carbocycles. The zero-order valence-electron chi connectivity index (χ0n) is 17.7. The number of aromatic nitrogens is 1. The van der Waals surface area contributed by atoms with Gasteiger partial charge in [0.1, 0.15) is 18.3 Å². The SMILES string of the molecule is CCOCOCC(CCCBr)c1cccn1C(=O)c1ccc(Oc2ccccc2)cc1. The highest BCUT2D eigenvalue weighted by atomic mass is 79.9. The Morgan fingerprint density at radius 1 is 0.968 bits per heavy atom. The molecule has 1 aromatic heterocycles. The van der Waals surface area contributed by atoms with Gasteiger partial charge in [-0.2, -0.15) is 0 Å². The number of para-hydroxylation sites is 1. The molecule has 0 fully saturated rings. The van der Waals surface area contributed by atoms with E-state index in [1.807, 2.05) is 67.7 Å². The van der Waals surface area contributed by atoms with Crippen LogP contribution >= 0.6 is 15.9 Å². The molecule has 6 heteroatoms. The number of benzene rings is 2. The maximum absolute atomic E-state index is 13.2. The molecule has 3 rings (SSSR count). The van der Waals surface area contributed by atoms with E-state index in [1.54, 1.807) is 16.7 Å². The van der Waals surface area contributed by atoms with Crippen molar-refractivity contribution < 1.29 is 19.0 Å². The summed E-state index contributed by atoms with van der Waals surface area (Å²) in [5.41, 5.74) is 1.55. The maximum Gasteiger partial charge on any atom is 0.262 e. The highest BCUT2D eigenvalue weighted by Crippen LogP contribution is 2.25. The summed E-state index contributed by atoms with van der Waals surface area (Å²) >= 11 is 3.50. The van der Waals surface area contributed by atoms with Crippen molar-refractivity contribution in [3.8, 4) is 11.5 Å². The van der Waals surface area contributed by atoms with Gasteiger partial charge in [-0.3, -0.25) is 9.36 Å². The van der Waals surface area contributed by atoms with Crippen LogP contribution in [0.15, 0.2) is 72.9 Å². The fourth-order valence-electron chi connectivity index (χ4n) is 3.31. The second kappa shape index (κ2) is 12.4. The van der Waals surface area contributed by atoms with Gasteiger partial charge in [0.15, 0.2) is 0 Å². The van der Waals surface area contributed by atoms with Gasteiger partial charge in [0.05, 0.1) is 6.61 Å². The average molecular weight is 486 g/mol. The van der Waals surface area contributed by atoms with Gasteiger partial charge in [-0.25, -0.2) is 0 Å². The monoisotopic (exact) mass is 485 g/mol. The largest absolute Gasteiger partial charge is 0.457 e. The Morgan fingerprint density at radius 2 is 1.71 bits per heavy atom. The fraction of sp³-hybridized carbons (Fsp3) is 0.320. The normalized spacial score (nSPS) is 11.9. The molecule has 0 amide bonds. The number of ether oxygens (including phenoxy) is 3. The first-order valence-electron chi connectivity index (χ1n) is 10.5. The molecule has 0 radical (unpaired) electrons. The van der Waals surface area contributed by atoms with Crippen LogP contribution in [-0.4, -0.2) is 35.8 Å². The highest BCUT2D eigenvalue weighted by Gasteiger charge is 2.20. The third kappa shape index (κ3) is 6.79. The van der Waals surface area contributed by atoms with Crippen molar-refractivity contribution in [3.05, 3.63) is 84.2 Å². The standard InChI is InChI=1S/C25H28BrNO4/c1-2-29-19-30-18-21(8-6-16-26)24-11-7-17-27(24)25(28)20-12-14-23(15-13-20)31-22-9-4-3-5-10-22/h3-5,7,9-15,17,21H,2,6,8,16,18-19H2,1H3. The number of halogens is 1. The van der Waals surface area contributed by atoms with Crippen LogP contribution in [0, 0.1) is 0 Å². The van der Waals surface area contributed by atoms with E-state index in [9.17, 15) is 4.79 Å². The summed E-state index contributed by atoms with van der Waals surface area (Å²) in [7, 11) is 0. The second-order valence-corrected chi connectivity index (χ2v) is 7.85. The minimum absolute atomic E-state index is 0.0695. The predicted octanol–water partition coefficient (Wildman–Crippen LogP) is 6.24. The van der Waals surface area contributed by atoms with E-state index in [0.717, 1.165) is 29.6 Å². The molecule has 0 aliphatic heterocycles. The lowest BCUT2D eigenvalue weighted by atomic mass is 10.0. The number of nitrogens with zero attached hydrogens (tertiary/aromatic N) is 1. The first kappa shape index (κ1) is 23.3. The number of alkyl halides is 1. The summed E-state index contributed by atoms with van der Waals surface area (Å²) in [6, 6.07) is 20.7. The molecule has 5 nitrogen and oxygen atoms in total. The van der Waals surface area contributed by atoms with E-state index in [4.69, 9.17) is 14.2 Å². The fourth-order valence-corrected chi connectivity index (χ4v) is 3.64. The minimum Gasteiger partial charge on any atom is -0.457 e. The zero-order chi connectivity index (χ0) is 21.9. The van der Waals surface area contributed by atoms with E-state index < -0.39 is 0 Å². The van der Waals surface area contributed by atoms with Crippen LogP contribution in [0.4, 0.5) is 0 Å². The highest BCUT2D eigenvalue weighted by molar-refractivity contribution is 9.09. The number of rotatable bonds is 12. The molecule has 164 valence electrons. The Morgan fingerprint density at radius 3 is 2.42 bits per heavy atom. The maximum atomic E-state index is 13.2. The lowest BCUT2D eigenvalue weighted by Crippen LogP contribution is -2.19. The third-order valence-electron chi connectivity index (χ3n) is 4.87. The molecule has 0 spiro atoms. The van der Waals surface area contributed by atoms with Gasteiger partial charge in [-0.1, -0.05) is 34.1 Å².